The maximum absolute atomic E-state index is 15.0. The van der Waals surface area contributed by atoms with Gasteiger partial charge in [-0.05, 0) is 30.5 Å². The van der Waals surface area contributed by atoms with Crippen LogP contribution in [0.4, 0.5) is 41.9 Å². The summed E-state index contributed by atoms with van der Waals surface area (Å²) in [7, 11) is -2.45. The third-order valence-corrected chi connectivity index (χ3v) is 6.55. The van der Waals surface area contributed by atoms with Crippen molar-refractivity contribution in [1.82, 2.24) is 15.4 Å². The number of aromatic nitrogens is 2. The molecule has 2 heterocycles. The first-order chi connectivity index (χ1) is 17.8. The fourth-order valence-electron chi connectivity index (χ4n) is 3.33. The van der Waals surface area contributed by atoms with Crippen LogP contribution in [-0.4, -0.2) is 44.2 Å². The van der Waals surface area contributed by atoms with Crippen LogP contribution in [0.25, 0.3) is 0 Å². The van der Waals surface area contributed by atoms with Crippen molar-refractivity contribution in [3.05, 3.63) is 65.2 Å². The maximum Gasteiger partial charge on any atom is 0.278 e. The van der Waals surface area contributed by atoms with Gasteiger partial charge in [-0.2, -0.15) is 0 Å². The van der Waals surface area contributed by atoms with E-state index in [1.807, 2.05) is 0 Å². The molecular formula is C24H27F3N6O4S. The second-order valence-electron chi connectivity index (χ2n) is 8.49. The fourth-order valence-corrected chi connectivity index (χ4v) is 3.84. The predicted octanol–water partition coefficient (Wildman–Crippen LogP) is 4.58. The highest BCUT2D eigenvalue weighted by Crippen LogP contribution is 2.36. The summed E-state index contributed by atoms with van der Waals surface area (Å²) in [4.78, 5) is 25.4. The molecule has 0 saturated carbocycles. The Balaban J connectivity index is 2.14. The summed E-state index contributed by atoms with van der Waals surface area (Å²) >= 11 is 0. The number of carbonyl (C=O) groups is 1. The number of nitrogens with zero attached hydrogens (tertiary/aromatic N) is 3. The molecule has 3 aromatic rings. The minimum atomic E-state index is -3.76. The molecule has 0 fully saturated rings. The average molecular weight is 553 g/mol. The Labute approximate surface area is 218 Å². The van der Waals surface area contributed by atoms with E-state index in [1.165, 1.54) is 19.2 Å². The van der Waals surface area contributed by atoms with Crippen LogP contribution in [-0.2, 0) is 14.9 Å². The highest BCUT2D eigenvalue weighted by atomic mass is 32.2. The number of anilines is 5. The molecule has 3 N–H and O–H groups in total. The summed E-state index contributed by atoms with van der Waals surface area (Å²) in [6, 6.07) is 4.45. The van der Waals surface area contributed by atoms with Crippen LogP contribution < -0.4 is 20.4 Å². The molecule has 0 unspecified atom stereocenters. The van der Waals surface area contributed by atoms with E-state index in [0.717, 1.165) is 29.0 Å². The van der Waals surface area contributed by atoms with Gasteiger partial charge in [0.05, 0.1) is 41.7 Å². The van der Waals surface area contributed by atoms with Crippen molar-refractivity contribution in [2.75, 3.05) is 34.8 Å². The van der Waals surface area contributed by atoms with Crippen LogP contribution in [0, 0.1) is 17.5 Å². The average Bonchev–Trinajstić information content (AvgIpc) is 2.83. The topological polar surface area (TPSA) is 126 Å². The lowest BCUT2D eigenvalue weighted by molar-refractivity contribution is 0.0365. The minimum Gasteiger partial charge on any atom is -0.353 e. The smallest absolute Gasteiger partial charge is 0.278 e. The summed E-state index contributed by atoms with van der Waals surface area (Å²) in [6.07, 6.45) is 2.94. The molecule has 0 atom stereocenters. The normalized spacial score (nSPS) is 11.4. The van der Waals surface area contributed by atoms with E-state index in [9.17, 15) is 22.0 Å². The van der Waals surface area contributed by atoms with Gasteiger partial charge in [0.15, 0.2) is 11.6 Å². The van der Waals surface area contributed by atoms with Gasteiger partial charge in [0.1, 0.15) is 17.5 Å². The van der Waals surface area contributed by atoms with Gasteiger partial charge < -0.3 is 10.6 Å². The number of benzene rings is 1. The zero-order valence-corrected chi connectivity index (χ0v) is 22.1. The van der Waals surface area contributed by atoms with Crippen molar-refractivity contribution >= 4 is 44.6 Å². The minimum absolute atomic E-state index is 0.00393. The second-order valence-corrected chi connectivity index (χ2v) is 10.5. The standard InChI is InChI=1S/C24H27F3N6O4S/c1-6-37-32-24(34)16-12-28-22(31-23-18(27)7-14(25)11-29-23)10-19(16)30-20-9-17(26)15(13(2)3)8-21(20)33(4)38(5,35)36/h7-13H,6H2,1-5H3,(H,32,34)(H2,28,29,30,31). The second kappa shape index (κ2) is 11.6. The number of carbonyl (C=O) groups excluding carboxylic acids is 1. The molecule has 2 aromatic heterocycles. The number of hydroxylamine groups is 1. The zero-order valence-electron chi connectivity index (χ0n) is 21.3. The van der Waals surface area contributed by atoms with Crippen molar-refractivity contribution in [2.24, 2.45) is 0 Å². The van der Waals surface area contributed by atoms with Gasteiger partial charge in [-0.15, -0.1) is 0 Å². The summed E-state index contributed by atoms with van der Waals surface area (Å²) in [5, 5.41) is 5.48. The Morgan fingerprint density at radius 3 is 2.34 bits per heavy atom. The van der Waals surface area contributed by atoms with Crippen molar-refractivity contribution in [1.29, 1.82) is 0 Å². The number of pyridine rings is 2. The van der Waals surface area contributed by atoms with Crippen LogP contribution in [0.15, 0.2) is 36.7 Å². The highest BCUT2D eigenvalue weighted by Gasteiger charge is 2.22. The summed E-state index contributed by atoms with van der Waals surface area (Å²) < 4.78 is 68.0. The van der Waals surface area contributed by atoms with Crippen LogP contribution in [0.2, 0.25) is 0 Å². The predicted molar refractivity (Wildman–Crippen MR) is 138 cm³/mol. The van der Waals surface area contributed by atoms with Gasteiger partial charge >= 0.3 is 0 Å². The van der Waals surface area contributed by atoms with E-state index in [4.69, 9.17) is 4.84 Å². The number of rotatable bonds is 10. The Kier molecular flexibility index (Phi) is 8.78. The van der Waals surface area contributed by atoms with E-state index in [2.05, 4.69) is 26.1 Å². The summed E-state index contributed by atoms with van der Waals surface area (Å²) in [5.41, 5.74) is 2.63. The van der Waals surface area contributed by atoms with Gasteiger partial charge in [0.25, 0.3) is 5.91 Å². The zero-order chi connectivity index (χ0) is 28.2. The Morgan fingerprint density at radius 1 is 1.03 bits per heavy atom. The van der Waals surface area contributed by atoms with Crippen molar-refractivity contribution in [3.8, 4) is 0 Å². The largest absolute Gasteiger partial charge is 0.353 e. The number of sulfonamides is 1. The molecule has 0 saturated heterocycles. The molecule has 3 rings (SSSR count). The first-order valence-electron chi connectivity index (χ1n) is 11.4. The Hall–Kier alpha value is -3.91. The first-order valence-corrected chi connectivity index (χ1v) is 13.2. The molecule has 0 aliphatic carbocycles. The van der Waals surface area contributed by atoms with Crippen LogP contribution in [0.3, 0.4) is 0 Å². The molecule has 0 radical (unpaired) electrons. The van der Waals surface area contributed by atoms with Crippen molar-refractivity contribution in [3.63, 3.8) is 0 Å². The summed E-state index contributed by atoms with van der Waals surface area (Å²) in [5.74, 6) is -3.76. The lowest BCUT2D eigenvalue weighted by atomic mass is 10.0. The lowest BCUT2D eigenvalue weighted by Crippen LogP contribution is -2.26. The van der Waals surface area contributed by atoms with Crippen LogP contribution in [0.1, 0.15) is 42.6 Å². The van der Waals surface area contributed by atoms with Crippen LogP contribution in [0.5, 0.6) is 0 Å². The van der Waals surface area contributed by atoms with Crippen LogP contribution >= 0.6 is 0 Å². The van der Waals surface area contributed by atoms with E-state index in [0.29, 0.717) is 6.07 Å². The molecule has 1 amide bonds. The molecule has 1 aromatic carbocycles. The number of nitrogens with one attached hydrogen (secondary N) is 3. The fraction of sp³-hybridized carbons (Fsp3) is 0.292. The molecule has 0 bridgehead atoms. The van der Waals surface area contributed by atoms with E-state index in [-0.39, 0.29) is 52.3 Å². The van der Waals surface area contributed by atoms with Gasteiger partial charge in [-0.3, -0.25) is 13.9 Å². The van der Waals surface area contributed by atoms with E-state index in [1.54, 1.807) is 20.8 Å². The Bertz CT molecular complexity index is 1450. The highest BCUT2D eigenvalue weighted by molar-refractivity contribution is 7.92. The quantitative estimate of drug-likeness (QED) is 0.312. The number of hydrogen-bond acceptors (Lipinski definition) is 8. The van der Waals surface area contributed by atoms with Gasteiger partial charge in [0.2, 0.25) is 10.0 Å². The maximum atomic E-state index is 15.0. The van der Waals surface area contributed by atoms with Crippen molar-refractivity contribution in [2.45, 2.75) is 26.7 Å². The monoisotopic (exact) mass is 552 g/mol. The van der Waals surface area contributed by atoms with E-state index < -0.39 is 33.4 Å². The SMILES string of the molecule is CCONC(=O)c1cnc(Nc2ncc(F)cc2F)cc1Nc1cc(F)c(C(C)C)cc1N(C)S(C)(=O)=O. The molecular weight excluding hydrogens is 525 g/mol. The number of amides is 1. The molecule has 10 nitrogen and oxygen atoms in total. The number of halogens is 3. The third kappa shape index (κ3) is 6.69. The molecule has 14 heteroatoms. The van der Waals surface area contributed by atoms with Crippen molar-refractivity contribution < 1.29 is 31.2 Å². The van der Waals surface area contributed by atoms with E-state index >= 15 is 4.39 Å². The summed E-state index contributed by atoms with van der Waals surface area (Å²) in [6.45, 7) is 5.34. The van der Waals surface area contributed by atoms with Gasteiger partial charge in [-0.25, -0.2) is 37.0 Å². The third-order valence-electron chi connectivity index (χ3n) is 5.36. The molecule has 204 valence electrons. The van der Waals surface area contributed by atoms with Gasteiger partial charge in [0, 0.05) is 25.4 Å². The number of hydrogen-bond donors (Lipinski definition) is 3. The molecule has 0 aliphatic heterocycles. The Morgan fingerprint density at radius 2 is 1.74 bits per heavy atom. The lowest BCUT2D eigenvalue weighted by Gasteiger charge is -2.24. The first kappa shape index (κ1) is 28.7. The molecule has 0 spiro atoms. The molecule has 0 aliphatic rings. The van der Waals surface area contributed by atoms with Gasteiger partial charge in [-0.1, -0.05) is 13.8 Å². The molecule has 38 heavy (non-hydrogen) atoms.